The lowest BCUT2D eigenvalue weighted by atomic mass is 10.1. The highest BCUT2D eigenvalue weighted by atomic mass is 32.2. The maximum Gasteiger partial charge on any atom is 0.271 e. The Balaban J connectivity index is 2.47. The van der Waals surface area contributed by atoms with Gasteiger partial charge in [0.05, 0.1) is 22.5 Å². The summed E-state index contributed by atoms with van der Waals surface area (Å²) >= 11 is 0. The number of benzene rings is 1. The van der Waals surface area contributed by atoms with Crippen LogP contribution in [0.15, 0.2) is 17.0 Å². The maximum absolute atomic E-state index is 12.8. The van der Waals surface area contributed by atoms with Gasteiger partial charge in [0.2, 0.25) is 10.0 Å². The number of nitrogens with two attached hydrogens (primary N) is 1. The minimum absolute atomic E-state index is 0.0307. The van der Waals surface area contributed by atoms with Crippen molar-refractivity contribution in [1.29, 1.82) is 0 Å². The third kappa shape index (κ3) is 3.12. The molecule has 1 aromatic carbocycles. The van der Waals surface area contributed by atoms with E-state index in [2.05, 4.69) is 0 Å². The fraction of sp³-hybridized carbons (Fsp3) is 0.538. The van der Waals surface area contributed by atoms with Crippen LogP contribution in [-0.2, 0) is 14.8 Å². The summed E-state index contributed by atoms with van der Waals surface area (Å²) in [6, 6.07) is 2.49. The van der Waals surface area contributed by atoms with Gasteiger partial charge in [0.1, 0.15) is 0 Å². The molecule has 0 radical (unpaired) electrons. The first-order chi connectivity index (χ1) is 10.3. The quantitative estimate of drug-likeness (QED) is 0.637. The molecule has 1 aliphatic rings. The van der Waals surface area contributed by atoms with Crippen LogP contribution >= 0.6 is 0 Å². The maximum atomic E-state index is 12.8. The molecule has 1 saturated heterocycles. The van der Waals surface area contributed by atoms with Gasteiger partial charge in [-0.15, -0.1) is 0 Å². The molecule has 0 aliphatic carbocycles. The van der Waals surface area contributed by atoms with Crippen molar-refractivity contribution in [1.82, 2.24) is 4.31 Å². The molecular formula is C13H19N3O5S. The van der Waals surface area contributed by atoms with E-state index in [1.807, 2.05) is 0 Å². The molecule has 0 saturated carbocycles. The number of nitrogens with zero attached hydrogens (tertiary/aromatic N) is 2. The number of morpholine rings is 1. The predicted octanol–water partition coefficient (Wildman–Crippen LogP) is 0.560. The fourth-order valence-electron chi connectivity index (χ4n) is 2.37. The largest absolute Gasteiger partial charge is 0.374 e. The van der Waals surface area contributed by atoms with Crippen molar-refractivity contribution in [3.05, 3.63) is 33.4 Å². The molecular weight excluding hydrogens is 310 g/mol. The second-order valence-corrected chi connectivity index (χ2v) is 7.14. The molecule has 0 amide bonds. The van der Waals surface area contributed by atoms with Crippen LogP contribution in [0, 0.1) is 24.0 Å². The molecule has 22 heavy (non-hydrogen) atoms. The van der Waals surface area contributed by atoms with E-state index in [9.17, 15) is 18.5 Å². The van der Waals surface area contributed by atoms with Gasteiger partial charge >= 0.3 is 0 Å². The minimum Gasteiger partial charge on any atom is -0.374 e. The Labute approximate surface area is 129 Å². The molecule has 1 unspecified atom stereocenters. The Morgan fingerprint density at radius 1 is 1.45 bits per heavy atom. The second-order valence-electron chi connectivity index (χ2n) is 5.23. The first-order valence-corrected chi connectivity index (χ1v) is 8.29. The standard InChI is InChI=1S/C13H19N3O5S/c1-9-5-11(16(17)18)6-13(10(9)2)22(19,20)15-3-4-21-12(7-14)8-15/h5-6,12H,3-4,7-8,14H2,1-2H3. The Morgan fingerprint density at radius 2 is 2.14 bits per heavy atom. The molecule has 1 fully saturated rings. The monoisotopic (exact) mass is 329 g/mol. The van der Waals surface area contributed by atoms with Crippen LogP contribution in [0.3, 0.4) is 0 Å². The Bertz CT molecular complexity index is 689. The van der Waals surface area contributed by atoms with Gasteiger partial charge in [-0.05, 0) is 25.0 Å². The molecule has 0 spiro atoms. The summed E-state index contributed by atoms with van der Waals surface area (Å²) in [6.45, 7) is 4.14. The summed E-state index contributed by atoms with van der Waals surface area (Å²) < 4.78 is 32.2. The highest BCUT2D eigenvalue weighted by molar-refractivity contribution is 7.89. The Kier molecular flexibility index (Phi) is 4.81. The normalized spacial score (nSPS) is 20.0. The van der Waals surface area contributed by atoms with Gasteiger partial charge in [-0.25, -0.2) is 8.42 Å². The first-order valence-electron chi connectivity index (χ1n) is 6.85. The van der Waals surface area contributed by atoms with Gasteiger partial charge < -0.3 is 10.5 Å². The summed E-state index contributed by atoms with van der Waals surface area (Å²) in [6.07, 6.45) is -0.358. The van der Waals surface area contributed by atoms with Crippen LogP contribution in [0.5, 0.6) is 0 Å². The lowest BCUT2D eigenvalue weighted by Crippen LogP contribution is -2.48. The lowest BCUT2D eigenvalue weighted by Gasteiger charge is -2.31. The van der Waals surface area contributed by atoms with E-state index < -0.39 is 14.9 Å². The zero-order valence-corrected chi connectivity index (χ0v) is 13.3. The molecule has 2 rings (SSSR count). The summed E-state index contributed by atoms with van der Waals surface area (Å²) in [5.41, 5.74) is 6.38. The molecule has 1 aliphatic heterocycles. The Hall–Kier alpha value is -1.55. The number of nitro groups is 1. The number of nitro benzene ring substituents is 1. The van der Waals surface area contributed by atoms with Crippen molar-refractivity contribution in [2.45, 2.75) is 24.8 Å². The molecule has 0 aromatic heterocycles. The number of hydrogen-bond donors (Lipinski definition) is 1. The summed E-state index contributed by atoms with van der Waals surface area (Å²) in [4.78, 5) is 10.4. The molecule has 1 aromatic rings. The smallest absolute Gasteiger partial charge is 0.271 e. The van der Waals surface area contributed by atoms with E-state index in [1.54, 1.807) is 13.8 Å². The highest BCUT2D eigenvalue weighted by Gasteiger charge is 2.32. The number of ether oxygens (including phenoxy) is 1. The number of non-ortho nitro benzene ring substituents is 1. The van der Waals surface area contributed by atoms with Crippen LogP contribution in [-0.4, -0.2) is 50.0 Å². The van der Waals surface area contributed by atoms with Crippen molar-refractivity contribution in [3.8, 4) is 0 Å². The van der Waals surface area contributed by atoms with Crippen LogP contribution in [0.25, 0.3) is 0 Å². The van der Waals surface area contributed by atoms with E-state index in [0.29, 0.717) is 11.1 Å². The van der Waals surface area contributed by atoms with E-state index in [0.717, 1.165) is 6.07 Å². The van der Waals surface area contributed by atoms with Crippen LogP contribution in [0.2, 0.25) is 0 Å². The molecule has 122 valence electrons. The van der Waals surface area contributed by atoms with E-state index in [-0.39, 0.29) is 42.9 Å². The zero-order chi connectivity index (χ0) is 16.5. The van der Waals surface area contributed by atoms with Crippen molar-refractivity contribution in [3.63, 3.8) is 0 Å². The third-order valence-corrected chi connectivity index (χ3v) is 5.79. The second kappa shape index (κ2) is 6.29. The van der Waals surface area contributed by atoms with E-state index >= 15 is 0 Å². The average molecular weight is 329 g/mol. The number of sulfonamides is 1. The fourth-order valence-corrected chi connectivity index (χ4v) is 4.15. The van der Waals surface area contributed by atoms with Crippen LogP contribution in [0.1, 0.15) is 11.1 Å². The Morgan fingerprint density at radius 3 is 2.73 bits per heavy atom. The average Bonchev–Trinajstić information content (AvgIpc) is 2.49. The molecule has 2 N–H and O–H groups in total. The van der Waals surface area contributed by atoms with Crippen LogP contribution < -0.4 is 5.73 Å². The van der Waals surface area contributed by atoms with E-state index in [4.69, 9.17) is 10.5 Å². The molecule has 1 heterocycles. The van der Waals surface area contributed by atoms with Gasteiger partial charge in [-0.1, -0.05) is 0 Å². The number of aryl methyl sites for hydroxylation is 1. The lowest BCUT2D eigenvalue weighted by molar-refractivity contribution is -0.385. The molecule has 9 heteroatoms. The SMILES string of the molecule is Cc1cc([N+](=O)[O-])cc(S(=O)(=O)N2CCOC(CN)C2)c1C. The topological polar surface area (TPSA) is 116 Å². The first kappa shape index (κ1) is 16.8. The summed E-state index contributed by atoms with van der Waals surface area (Å²) in [7, 11) is -3.82. The minimum atomic E-state index is -3.82. The number of hydrogen-bond acceptors (Lipinski definition) is 6. The van der Waals surface area contributed by atoms with Gasteiger partial charge in [0, 0.05) is 31.8 Å². The van der Waals surface area contributed by atoms with E-state index in [1.165, 1.54) is 10.4 Å². The van der Waals surface area contributed by atoms with Crippen molar-refractivity contribution >= 4 is 15.7 Å². The van der Waals surface area contributed by atoms with Crippen molar-refractivity contribution in [2.24, 2.45) is 5.73 Å². The van der Waals surface area contributed by atoms with Gasteiger partial charge in [0.25, 0.3) is 5.69 Å². The third-order valence-electron chi connectivity index (χ3n) is 3.80. The predicted molar refractivity (Wildman–Crippen MR) is 80.1 cm³/mol. The van der Waals surface area contributed by atoms with Gasteiger partial charge in [0.15, 0.2) is 0 Å². The summed E-state index contributed by atoms with van der Waals surface area (Å²) in [5.74, 6) is 0. The van der Waals surface area contributed by atoms with Gasteiger partial charge in [-0.3, -0.25) is 10.1 Å². The number of rotatable bonds is 4. The zero-order valence-electron chi connectivity index (χ0n) is 12.5. The highest BCUT2D eigenvalue weighted by Crippen LogP contribution is 2.28. The van der Waals surface area contributed by atoms with Crippen LogP contribution in [0.4, 0.5) is 5.69 Å². The summed E-state index contributed by atoms with van der Waals surface area (Å²) in [5, 5.41) is 11.0. The molecule has 8 nitrogen and oxygen atoms in total. The van der Waals surface area contributed by atoms with Crippen molar-refractivity contribution in [2.75, 3.05) is 26.2 Å². The van der Waals surface area contributed by atoms with Gasteiger partial charge in [-0.2, -0.15) is 4.31 Å². The molecule has 1 atom stereocenters. The van der Waals surface area contributed by atoms with Crippen molar-refractivity contribution < 1.29 is 18.1 Å². The molecule has 0 bridgehead atoms.